The molecule has 0 aromatic heterocycles. The molecule has 2 atom stereocenters. The van der Waals surface area contributed by atoms with E-state index in [-0.39, 0.29) is 0 Å². The average Bonchev–Trinajstić information content (AvgIpc) is 3.08. The van der Waals surface area contributed by atoms with Gasteiger partial charge >= 0.3 is 0 Å². The van der Waals surface area contributed by atoms with E-state index in [1.165, 1.54) is 44.9 Å². The minimum Gasteiger partial charge on any atom is -0.0654 e. The van der Waals surface area contributed by atoms with Gasteiger partial charge in [-0.2, -0.15) is 0 Å². The van der Waals surface area contributed by atoms with E-state index in [0.717, 1.165) is 23.7 Å². The van der Waals surface area contributed by atoms with E-state index in [1.807, 2.05) is 0 Å². The standard InChI is InChI=1S/C18H36/c1-7-8-11-18(15(4)5,12-14(2)3)13-16(6)17-9-10-17/h14-17H,7-13H2,1-6H3. The van der Waals surface area contributed by atoms with Gasteiger partial charge in [-0.15, -0.1) is 0 Å². The maximum atomic E-state index is 2.51. The Balaban J connectivity index is 2.72. The van der Waals surface area contributed by atoms with Crippen LogP contribution in [-0.4, -0.2) is 0 Å². The fraction of sp³-hybridized carbons (Fsp3) is 1.00. The first-order valence-corrected chi connectivity index (χ1v) is 8.41. The summed E-state index contributed by atoms with van der Waals surface area (Å²) in [5.74, 6) is 3.71. The third-order valence-corrected chi connectivity index (χ3v) is 5.22. The summed E-state index contributed by atoms with van der Waals surface area (Å²) in [7, 11) is 0. The Kier molecular flexibility index (Phi) is 6.21. The zero-order valence-electron chi connectivity index (χ0n) is 13.8. The Morgan fingerprint density at radius 2 is 1.61 bits per heavy atom. The molecule has 0 heteroatoms. The Labute approximate surface area is 116 Å². The largest absolute Gasteiger partial charge is 0.0654 e. The molecule has 1 aliphatic rings. The second-order valence-corrected chi connectivity index (χ2v) is 7.74. The minimum absolute atomic E-state index is 0.617. The highest BCUT2D eigenvalue weighted by Crippen LogP contribution is 2.49. The molecular weight excluding hydrogens is 216 g/mol. The summed E-state index contributed by atoms with van der Waals surface area (Å²) in [4.78, 5) is 0. The highest BCUT2D eigenvalue weighted by Gasteiger charge is 2.39. The fourth-order valence-corrected chi connectivity index (χ4v) is 3.86. The molecule has 108 valence electrons. The van der Waals surface area contributed by atoms with E-state index >= 15 is 0 Å². The molecule has 0 nitrogen and oxygen atoms in total. The van der Waals surface area contributed by atoms with Crippen LogP contribution >= 0.6 is 0 Å². The minimum atomic E-state index is 0.617. The molecular formula is C18H36. The SMILES string of the molecule is CCCCC(CC(C)C)(CC(C)C1CC1)C(C)C. The van der Waals surface area contributed by atoms with Crippen molar-refractivity contribution in [1.29, 1.82) is 0 Å². The summed E-state index contributed by atoms with van der Waals surface area (Å²) >= 11 is 0. The molecule has 0 amide bonds. The maximum Gasteiger partial charge on any atom is -0.0269 e. The van der Waals surface area contributed by atoms with E-state index < -0.39 is 0 Å². The van der Waals surface area contributed by atoms with Crippen LogP contribution in [0.25, 0.3) is 0 Å². The Morgan fingerprint density at radius 3 is 2.00 bits per heavy atom. The van der Waals surface area contributed by atoms with E-state index in [9.17, 15) is 0 Å². The molecule has 1 saturated carbocycles. The molecule has 18 heavy (non-hydrogen) atoms. The second-order valence-electron chi connectivity index (χ2n) is 7.74. The lowest BCUT2D eigenvalue weighted by atomic mass is 9.64. The van der Waals surface area contributed by atoms with Crippen molar-refractivity contribution in [3.05, 3.63) is 0 Å². The van der Waals surface area contributed by atoms with Crippen LogP contribution in [0.2, 0.25) is 0 Å². The third kappa shape index (κ3) is 4.59. The van der Waals surface area contributed by atoms with E-state index in [4.69, 9.17) is 0 Å². The van der Waals surface area contributed by atoms with Crippen molar-refractivity contribution in [2.24, 2.45) is 29.1 Å². The molecule has 0 aliphatic heterocycles. The van der Waals surface area contributed by atoms with Crippen molar-refractivity contribution < 1.29 is 0 Å². The lowest BCUT2D eigenvalue weighted by Gasteiger charge is -2.42. The van der Waals surface area contributed by atoms with Crippen molar-refractivity contribution in [3.63, 3.8) is 0 Å². The molecule has 0 bridgehead atoms. The van der Waals surface area contributed by atoms with Crippen molar-refractivity contribution in [3.8, 4) is 0 Å². The third-order valence-electron chi connectivity index (χ3n) is 5.22. The number of hydrogen-bond donors (Lipinski definition) is 0. The van der Waals surface area contributed by atoms with E-state index in [2.05, 4.69) is 41.5 Å². The number of rotatable bonds is 9. The van der Waals surface area contributed by atoms with Gasteiger partial charge in [0, 0.05) is 0 Å². The second kappa shape index (κ2) is 6.96. The van der Waals surface area contributed by atoms with Crippen LogP contribution in [0.4, 0.5) is 0 Å². The maximum absolute atomic E-state index is 2.51. The first-order chi connectivity index (χ1) is 8.41. The van der Waals surface area contributed by atoms with Crippen LogP contribution in [0.1, 0.15) is 86.5 Å². The molecule has 0 N–H and O–H groups in total. The van der Waals surface area contributed by atoms with Gasteiger partial charge < -0.3 is 0 Å². The Hall–Kier alpha value is 0. The Bertz CT molecular complexity index is 224. The number of hydrogen-bond acceptors (Lipinski definition) is 0. The molecule has 1 fully saturated rings. The van der Waals surface area contributed by atoms with E-state index in [1.54, 1.807) is 0 Å². The molecule has 1 aliphatic carbocycles. The van der Waals surface area contributed by atoms with Gasteiger partial charge in [-0.1, -0.05) is 54.4 Å². The van der Waals surface area contributed by atoms with Gasteiger partial charge in [0.15, 0.2) is 0 Å². The van der Waals surface area contributed by atoms with Crippen LogP contribution in [0, 0.1) is 29.1 Å². The summed E-state index contributed by atoms with van der Waals surface area (Å²) in [5, 5.41) is 0. The van der Waals surface area contributed by atoms with Gasteiger partial charge in [-0.05, 0) is 61.2 Å². The fourth-order valence-electron chi connectivity index (χ4n) is 3.86. The molecule has 0 radical (unpaired) electrons. The normalized spacial score (nSPS) is 21.3. The highest BCUT2D eigenvalue weighted by atomic mass is 14.4. The molecule has 2 unspecified atom stereocenters. The molecule has 0 heterocycles. The van der Waals surface area contributed by atoms with Crippen LogP contribution in [0.5, 0.6) is 0 Å². The lowest BCUT2D eigenvalue weighted by molar-refractivity contribution is 0.0872. The summed E-state index contributed by atoms with van der Waals surface area (Å²) in [6, 6.07) is 0. The van der Waals surface area contributed by atoms with Crippen molar-refractivity contribution in [1.82, 2.24) is 0 Å². The molecule has 0 aromatic carbocycles. The summed E-state index contributed by atoms with van der Waals surface area (Å²) in [6.07, 6.45) is 10.1. The monoisotopic (exact) mass is 252 g/mol. The zero-order chi connectivity index (χ0) is 13.8. The van der Waals surface area contributed by atoms with Gasteiger partial charge in [-0.3, -0.25) is 0 Å². The van der Waals surface area contributed by atoms with Crippen LogP contribution in [0.3, 0.4) is 0 Å². The van der Waals surface area contributed by atoms with Gasteiger partial charge in [-0.25, -0.2) is 0 Å². The lowest BCUT2D eigenvalue weighted by Crippen LogP contribution is -2.32. The highest BCUT2D eigenvalue weighted by molar-refractivity contribution is 4.89. The smallest absolute Gasteiger partial charge is 0.0269 e. The molecule has 0 spiro atoms. The zero-order valence-corrected chi connectivity index (χ0v) is 13.8. The topological polar surface area (TPSA) is 0 Å². The molecule has 0 saturated heterocycles. The van der Waals surface area contributed by atoms with Crippen LogP contribution < -0.4 is 0 Å². The van der Waals surface area contributed by atoms with Crippen LogP contribution in [-0.2, 0) is 0 Å². The number of unbranched alkanes of at least 4 members (excludes halogenated alkanes) is 1. The van der Waals surface area contributed by atoms with Gasteiger partial charge in [0.2, 0.25) is 0 Å². The van der Waals surface area contributed by atoms with Crippen molar-refractivity contribution >= 4 is 0 Å². The molecule has 0 aromatic rings. The van der Waals surface area contributed by atoms with Crippen LogP contribution in [0.15, 0.2) is 0 Å². The van der Waals surface area contributed by atoms with Crippen molar-refractivity contribution in [2.45, 2.75) is 86.5 Å². The summed E-state index contributed by atoms with van der Waals surface area (Å²) < 4.78 is 0. The van der Waals surface area contributed by atoms with Crippen molar-refractivity contribution in [2.75, 3.05) is 0 Å². The van der Waals surface area contributed by atoms with Gasteiger partial charge in [0.05, 0.1) is 0 Å². The summed E-state index contributed by atoms with van der Waals surface area (Å²) in [5.41, 5.74) is 0.617. The van der Waals surface area contributed by atoms with Gasteiger partial charge in [0.25, 0.3) is 0 Å². The molecule has 1 rings (SSSR count). The first-order valence-electron chi connectivity index (χ1n) is 8.41. The average molecular weight is 252 g/mol. The summed E-state index contributed by atoms with van der Waals surface area (Å²) in [6.45, 7) is 14.6. The predicted molar refractivity (Wildman–Crippen MR) is 82.8 cm³/mol. The van der Waals surface area contributed by atoms with E-state index in [0.29, 0.717) is 5.41 Å². The van der Waals surface area contributed by atoms with Gasteiger partial charge in [0.1, 0.15) is 0 Å². The first kappa shape index (κ1) is 16.1. The predicted octanol–water partition coefficient (Wildman–Crippen LogP) is 6.30. The Morgan fingerprint density at radius 1 is 1.00 bits per heavy atom. The quantitative estimate of drug-likeness (QED) is 0.451.